The van der Waals surface area contributed by atoms with Crippen molar-refractivity contribution in [2.45, 2.75) is 23.0 Å². The molecule has 126 valence electrons. The van der Waals surface area contributed by atoms with Gasteiger partial charge in [0.15, 0.2) is 9.84 Å². The van der Waals surface area contributed by atoms with Crippen molar-refractivity contribution < 1.29 is 13.2 Å². The number of benzene rings is 3. The fourth-order valence-electron chi connectivity index (χ4n) is 3.30. The van der Waals surface area contributed by atoms with Gasteiger partial charge in [-0.3, -0.25) is 4.79 Å². The first-order valence-corrected chi connectivity index (χ1v) is 9.72. The van der Waals surface area contributed by atoms with Crippen LogP contribution in [0.15, 0.2) is 71.6 Å². The van der Waals surface area contributed by atoms with Crippen LogP contribution >= 0.6 is 0 Å². The lowest BCUT2D eigenvalue weighted by Gasteiger charge is -2.15. The Kier molecular flexibility index (Phi) is 3.81. The molecule has 1 aliphatic heterocycles. The summed E-state index contributed by atoms with van der Waals surface area (Å²) in [4.78, 5) is 12.8. The Bertz CT molecular complexity index is 1070. The molecule has 1 aliphatic rings. The van der Waals surface area contributed by atoms with Crippen LogP contribution in [0.2, 0.25) is 0 Å². The maximum absolute atomic E-state index is 13.1. The van der Waals surface area contributed by atoms with E-state index in [-0.39, 0.29) is 11.3 Å². The minimum absolute atomic E-state index is 0.192. The lowest BCUT2D eigenvalue weighted by atomic mass is 10.1. The number of para-hydroxylation sites is 1. The molecule has 0 aliphatic carbocycles. The molecule has 0 radical (unpaired) electrons. The van der Waals surface area contributed by atoms with Crippen molar-refractivity contribution in [1.29, 1.82) is 0 Å². The van der Waals surface area contributed by atoms with E-state index in [0.29, 0.717) is 12.1 Å². The number of aryl methyl sites for hydroxylation is 1. The highest BCUT2D eigenvalue weighted by molar-refractivity contribution is 7.92. The normalized spacial score (nSPS) is 17.6. The van der Waals surface area contributed by atoms with Crippen LogP contribution in [0, 0.1) is 0 Å². The molecule has 5 heteroatoms. The predicted octanol–water partition coefficient (Wildman–Crippen LogP) is 3.57. The SMILES string of the molecule is O=C1Nc2ccccc2CC[C@@H]1S(=O)(=O)c1ccc2ccccc2c1. The predicted molar refractivity (Wildman–Crippen MR) is 98.3 cm³/mol. The summed E-state index contributed by atoms with van der Waals surface area (Å²) in [6.07, 6.45) is 0.824. The summed E-state index contributed by atoms with van der Waals surface area (Å²) >= 11 is 0. The first-order valence-electron chi connectivity index (χ1n) is 8.17. The zero-order chi connectivity index (χ0) is 17.4. The second kappa shape index (κ2) is 6.01. The molecule has 25 heavy (non-hydrogen) atoms. The molecule has 0 fully saturated rings. The van der Waals surface area contributed by atoms with Crippen LogP contribution in [-0.4, -0.2) is 19.6 Å². The van der Waals surface area contributed by atoms with Gasteiger partial charge in [-0.2, -0.15) is 0 Å². The molecule has 0 unspecified atom stereocenters. The summed E-state index contributed by atoms with van der Waals surface area (Å²) in [6.45, 7) is 0. The van der Waals surface area contributed by atoms with Crippen LogP contribution in [0.25, 0.3) is 10.8 Å². The molecule has 3 aromatic rings. The zero-order valence-electron chi connectivity index (χ0n) is 13.5. The molecule has 4 rings (SSSR count). The average Bonchev–Trinajstić information content (AvgIpc) is 2.79. The number of nitrogens with one attached hydrogen (secondary N) is 1. The first kappa shape index (κ1) is 15.8. The van der Waals surface area contributed by atoms with Crippen LogP contribution in [0.3, 0.4) is 0 Å². The van der Waals surface area contributed by atoms with E-state index in [1.54, 1.807) is 24.3 Å². The maximum Gasteiger partial charge on any atom is 0.243 e. The van der Waals surface area contributed by atoms with Crippen molar-refractivity contribution in [3.63, 3.8) is 0 Å². The van der Waals surface area contributed by atoms with E-state index in [2.05, 4.69) is 5.32 Å². The molecule has 1 heterocycles. The average molecular weight is 351 g/mol. The Balaban J connectivity index is 1.73. The molecule has 0 aromatic heterocycles. The fourth-order valence-corrected chi connectivity index (χ4v) is 4.94. The van der Waals surface area contributed by atoms with Gasteiger partial charge in [0.05, 0.1) is 4.90 Å². The highest BCUT2D eigenvalue weighted by Crippen LogP contribution is 2.29. The Hall–Kier alpha value is -2.66. The second-order valence-electron chi connectivity index (χ2n) is 6.23. The molecule has 0 saturated carbocycles. The van der Waals surface area contributed by atoms with Crippen molar-refractivity contribution in [2.24, 2.45) is 0 Å². The van der Waals surface area contributed by atoms with Crippen LogP contribution in [0.5, 0.6) is 0 Å². The molecule has 4 nitrogen and oxygen atoms in total. The monoisotopic (exact) mass is 351 g/mol. The molecular weight excluding hydrogens is 334 g/mol. The first-order chi connectivity index (χ1) is 12.1. The van der Waals surface area contributed by atoms with Gasteiger partial charge in [-0.1, -0.05) is 48.5 Å². The highest BCUT2D eigenvalue weighted by atomic mass is 32.2. The Morgan fingerprint density at radius 3 is 2.44 bits per heavy atom. The minimum atomic E-state index is -3.76. The Morgan fingerprint density at radius 2 is 1.60 bits per heavy atom. The Labute approximate surface area is 146 Å². The van der Waals surface area contributed by atoms with Crippen molar-refractivity contribution in [3.8, 4) is 0 Å². The highest BCUT2D eigenvalue weighted by Gasteiger charge is 2.35. The van der Waals surface area contributed by atoms with Gasteiger partial charge in [0.1, 0.15) is 5.25 Å². The van der Waals surface area contributed by atoms with E-state index in [4.69, 9.17) is 0 Å². The molecule has 0 saturated heterocycles. The van der Waals surface area contributed by atoms with Gasteiger partial charge in [0.2, 0.25) is 5.91 Å². The summed E-state index contributed by atoms with van der Waals surface area (Å²) in [5, 5.41) is 3.50. The van der Waals surface area contributed by atoms with E-state index < -0.39 is 21.0 Å². The van der Waals surface area contributed by atoms with Crippen molar-refractivity contribution >= 4 is 32.2 Å². The third-order valence-electron chi connectivity index (χ3n) is 4.67. The van der Waals surface area contributed by atoms with E-state index in [1.165, 1.54) is 0 Å². The number of carbonyl (C=O) groups is 1. The van der Waals surface area contributed by atoms with Gasteiger partial charge in [-0.15, -0.1) is 0 Å². The summed E-state index contributed by atoms with van der Waals surface area (Å²) < 4.78 is 26.2. The van der Waals surface area contributed by atoms with Gasteiger partial charge in [-0.25, -0.2) is 8.42 Å². The molecule has 0 spiro atoms. The number of hydrogen-bond acceptors (Lipinski definition) is 3. The quantitative estimate of drug-likeness (QED) is 0.768. The van der Waals surface area contributed by atoms with Crippen LogP contribution in [-0.2, 0) is 21.1 Å². The van der Waals surface area contributed by atoms with Crippen LogP contribution < -0.4 is 5.32 Å². The number of rotatable bonds is 2. The summed E-state index contributed by atoms with van der Waals surface area (Å²) in [5.74, 6) is -0.460. The molecule has 1 N–H and O–H groups in total. The summed E-state index contributed by atoms with van der Waals surface area (Å²) in [7, 11) is -3.76. The van der Waals surface area contributed by atoms with E-state index in [0.717, 1.165) is 16.3 Å². The van der Waals surface area contributed by atoms with Crippen molar-refractivity contribution in [2.75, 3.05) is 5.32 Å². The number of hydrogen-bond donors (Lipinski definition) is 1. The summed E-state index contributed by atoms with van der Waals surface area (Å²) in [5.41, 5.74) is 1.66. The van der Waals surface area contributed by atoms with Crippen LogP contribution in [0.1, 0.15) is 12.0 Å². The van der Waals surface area contributed by atoms with E-state index in [1.807, 2.05) is 42.5 Å². The molecule has 3 aromatic carbocycles. The van der Waals surface area contributed by atoms with Gasteiger partial charge < -0.3 is 5.32 Å². The number of sulfone groups is 1. The summed E-state index contributed by atoms with van der Waals surface area (Å²) in [6, 6.07) is 20.0. The maximum atomic E-state index is 13.1. The molecule has 1 atom stereocenters. The third kappa shape index (κ3) is 2.81. The van der Waals surface area contributed by atoms with Gasteiger partial charge in [-0.05, 0) is 47.4 Å². The standard InChI is InChI=1S/C20H17NO3S/c22-20-19(12-10-15-6-3-4-8-18(15)21-20)25(23,24)17-11-9-14-5-1-2-7-16(14)13-17/h1-9,11,13,19H,10,12H2,(H,21,22)/t19-/m0/s1. The third-order valence-corrected chi connectivity index (χ3v) is 6.78. The lowest BCUT2D eigenvalue weighted by molar-refractivity contribution is -0.115. The molecular formula is C20H17NO3S. The second-order valence-corrected chi connectivity index (χ2v) is 8.36. The fraction of sp³-hybridized carbons (Fsp3) is 0.150. The zero-order valence-corrected chi connectivity index (χ0v) is 14.3. The smallest absolute Gasteiger partial charge is 0.243 e. The van der Waals surface area contributed by atoms with Crippen molar-refractivity contribution in [1.82, 2.24) is 0 Å². The van der Waals surface area contributed by atoms with Crippen molar-refractivity contribution in [3.05, 3.63) is 72.3 Å². The largest absolute Gasteiger partial charge is 0.325 e. The number of fused-ring (bicyclic) bond motifs is 2. The molecule has 0 bridgehead atoms. The van der Waals surface area contributed by atoms with Gasteiger partial charge >= 0.3 is 0 Å². The van der Waals surface area contributed by atoms with Gasteiger partial charge in [0.25, 0.3) is 0 Å². The lowest BCUT2D eigenvalue weighted by Crippen LogP contribution is -2.34. The van der Waals surface area contributed by atoms with Crippen LogP contribution in [0.4, 0.5) is 5.69 Å². The number of carbonyl (C=O) groups excluding carboxylic acids is 1. The number of anilines is 1. The van der Waals surface area contributed by atoms with Gasteiger partial charge in [0, 0.05) is 5.69 Å². The van der Waals surface area contributed by atoms with E-state index in [9.17, 15) is 13.2 Å². The Morgan fingerprint density at radius 1 is 0.880 bits per heavy atom. The topological polar surface area (TPSA) is 63.2 Å². The molecule has 1 amide bonds. The minimum Gasteiger partial charge on any atom is -0.325 e. The van der Waals surface area contributed by atoms with E-state index >= 15 is 0 Å². The number of amides is 1.